The summed E-state index contributed by atoms with van der Waals surface area (Å²) in [6.07, 6.45) is 10.1. The van der Waals surface area contributed by atoms with Gasteiger partial charge in [-0.1, -0.05) is 33.3 Å². The minimum absolute atomic E-state index is 0.490. The van der Waals surface area contributed by atoms with E-state index in [2.05, 4.69) is 35.0 Å². The predicted molar refractivity (Wildman–Crippen MR) is 89.7 cm³/mol. The fraction of sp³-hybridized carbons (Fsp3) is 0.647. The van der Waals surface area contributed by atoms with Crippen LogP contribution in [0.25, 0.3) is 5.70 Å². The van der Waals surface area contributed by atoms with E-state index in [0.717, 1.165) is 23.3 Å². The van der Waals surface area contributed by atoms with Gasteiger partial charge in [-0.2, -0.15) is 0 Å². The van der Waals surface area contributed by atoms with Crippen LogP contribution in [0.2, 0.25) is 0 Å². The molecular formula is C17H28N4. The molecule has 0 aromatic carbocycles. The molecule has 1 heterocycles. The first-order valence-corrected chi connectivity index (χ1v) is 8.03. The molecule has 2 unspecified atom stereocenters. The highest BCUT2D eigenvalue weighted by Crippen LogP contribution is 2.40. The highest BCUT2D eigenvalue weighted by Gasteiger charge is 2.28. The van der Waals surface area contributed by atoms with Crippen molar-refractivity contribution in [3.05, 3.63) is 18.6 Å². The molecule has 1 saturated carbocycles. The number of nitrogens with zero attached hydrogens (tertiary/aromatic N) is 3. The normalized spacial score (nSPS) is 22.5. The third-order valence-electron chi connectivity index (χ3n) is 4.38. The number of aliphatic imine (C=N–C) groups is 1. The average molecular weight is 288 g/mol. The number of hydrogen-bond donors (Lipinski definition) is 1. The van der Waals surface area contributed by atoms with Crippen LogP contribution in [0.5, 0.6) is 0 Å². The van der Waals surface area contributed by atoms with Crippen molar-refractivity contribution >= 4 is 17.7 Å². The Hall–Kier alpha value is -1.58. The molecule has 4 heteroatoms. The lowest BCUT2D eigenvalue weighted by molar-refractivity contribution is 0.413. The molecule has 21 heavy (non-hydrogen) atoms. The first kappa shape index (κ1) is 15.8. The van der Waals surface area contributed by atoms with Gasteiger partial charge in [-0.3, -0.25) is 0 Å². The third kappa shape index (κ3) is 3.74. The summed E-state index contributed by atoms with van der Waals surface area (Å²) in [4.78, 5) is 8.87. The molecule has 0 saturated heterocycles. The summed E-state index contributed by atoms with van der Waals surface area (Å²) < 4.78 is 2.20. The van der Waals surface area contributed by atoms with E-state index in [9.17, 15) is 0 Å². The Balaban J connectivity index is 2.11. The van der Waals surface area contributed by atoms with Crippen molar-refractivity contribution in [3.8, 4) is 0 Å². The summed E-state index contributed by atoms with van der Waals surface area (Å²) in [5, 5.41) is 0. The van der Waals surface area contributed by atoms with Crippen molar-refractivity contribution in [2.45, 2.75) is 58.9 Å². The maximum atomic E-state index is 5.82. The quantitative estimate of drug-likeness (QED) is 0.793. The zero-order chi connectivity index (χ0) is 15.4. The minimum atomic E-state index is 0.490. The van der Waals surface area contributed by atoms with Crippen LogP contribution in [0, 0.1) is 11.8 Å². The standard InChI is InChI=1S/C17H28N4/c1-5-19-17-16(13(4)18)20-11-21(17)15-9-8-14(10-15)7-6-12(2)3/h5,11-12,14-15H,4,6-10,18H2,1-3H3. The zero-order valence-electron chi connectivity index (χ0n) is 13.5. The molecule has 0 bridgehead atoms. The summed E-state index contributed by atoms with van der Waals surface area (Å²) in [5.41, 5.74) is 7.03. The number of hydrogen-bond acceptors (Lipinski definition) is 3. The Morgan fingerprint density at radius 1 is 1.57 bits per heavy atom. The van der Waals surface area contributed by atoms with Gasteiger partial charge in [-0.25, -0.2) is 9.98 Å². The Kier molecular flexibility index (Phi) is 5.21. The van der Waals surface area contributed by atoms with Crippen molar-refractivity contribution in [2.24, 2.45) is 22.6 Å². The van der Waals surface area contributed by atoms with Crippen molar-refractivity contribution < 1.29 is 0 Å². The lowest BCUT2D eigenvalue weighted by Gasteiger charge is -2.15. The van der Waals surface area contributed by atoms with E-state index in [0.29, 0.717) is 11.7 Å². The van der Waals surface area contributed by atoms with E-state index in [4.69, 9.17) is 5.73 Å². The van der Waals surface area contributed by atoms with Crippen LogP contribution in [-0.4, -0.2) is 15.8 Å². The molecule has 116 valence electrons. The van der Waals surface area contributed by atoms with Gasteiger partial charge in [0, 0.05) is 12.3 Å². The van der Waals surface area contributed by atoms with Crippen LogP contribution < -0.4 is 5.73 Å². The highest BCUT2D eigenvalue weighted by atomic mass is 15.2. The lowest BCUT2D eigenvalue weighted by atomic mass is 9.96. The van der Waals surface area contributed by atoms with E-state index in [1.54, 1.807) is 6.21 Å². The van der Waals surface area contributed by atoms with Gasteiger partial charge in [0.05, 0.1) is 12.0 Å². The van der Waals surface area contributed by atoms with Crippen LogP contribution in [-0.2, 0) is 0 Å². The summed E-state index contributed by atoms with van der Waals surface area (Å²) in [5.74, 6) is 2.49. The predicted octanol–water partition coefficient (Wildman–Crippen LogP) is 4.31. The molecule has 2 N–H and O–H groups in total. The van der Waals surface area contributed by atoms with E-state index in [1.165, 1.54) is 32.1 Å². The highest BCUT2D eigenvalue weighted by molar-refractivity contribution is 5.70. The Bertz CT molecular complexity index is 513. The molecule has 0 amide bonds. The summed E-state index contributed by atoms with van der Waals surface area (Å²) in [7, 11) is 0. The molecule has 1 aromatic rings. The third-order valence-corrected chi connectivity index (χ3v) is 4.38. The molecule has 1 aromatic heterocycles. The van der Waals surface area contributed by atoms with Gasteiger partial charge in [-0.05, 0) is 38.0 Å². The van der Waals surface area contributed by atoms with Crippen molar-refractivity contribution in [3.63, 3.8) is 0 Å². The lowest BCUT2D eigenvalue weighted by Crippen LogP contribution is -2.05. The number of rotatable bonds is 6. The van der Waals surface area contributed by atoms with Gasteiger partial charge < -0.3 is 10.3 Å². The van der Waals surface area contributed by atoms with Gasteiger partial charge >= 0.3 is 0 Å². The SMILES string of the molecule is C=C(N)c1ncn(C2CCC(CCC(C)C)C2)c1N=CC. The van der Waals surface area contributed by atoms with Crippen LogP contribution in [0.3, 0.4) is 0 Å². The van der Waals surface area contributed by atoms with E-state index in [-0.39, 0.29) is 0 Å². The van der Waals surface area contributed by atoms with Crippen molar-refractivity contribution in [1.82, 2.24) is 9.55 Å². The van der Waals surface area contributed by atoms with Gasteiger partial charge in [0.15, 0.2) is 5.82 Å². The van der Waals surface area contributed by atoms with Crippen LogP contribution in [0.15, 0.2) is 17.9 Å². The number of imidazole rings is 1. The fourth-order valence-corrected chi connectivity index (χ4v) is 3.23. The Morgan fingerprint density at radius 2 is 2.33 bits per heavy atom. The van der Waals surface area contributed by atoms with Gasteiger partial charge in [-0.15, -0.1) is 0 Å². The molecule has 0 aliphatic heterocycles. The van der Waals surface area contributed by atoms with Crippen LogP contribution >= 0.6 is 0 Å². The second-order valence-corrected chi connectivity index (χ2v) is 6.54. The van der Waals surface area contributed by atoms with Crippen molar-refractivity contribution in [2.75, 3.05) is 0 Å². The van der Waals surface area contributed by atoms with Gasteiger partial charge in [0.1, 0.15) is 5.69 Å². The second kappa shape index (κ2) is 6.92. The van der Waals surface area contributed by atoms with E-state index in [1.807, 2.05) is 13.3 Å². The second-order valence-electron chi connectivity index (χ2n) is 6.54. The first-order valence-electron chi connectivity index (χ1n) is 8.03. The average Bonchev–Trinajstić information content (AvgIpc) is 3.02. The molecule has 4 nitrogen and oxygen atoms in total. The topological polar surface area (TPSA) is 56.2 Å². The molecular weight excluding hydrogens is 260 g/mol. The van der Waals surface area contributed by atoms with Crippen molar-refractivity contribution in [1.29, 1.82) is 0 Å². The molecule has 2 atom stereocenters. The largest absolute Gasteiger partial charge is 0.397 e. The zero-order valence-corrected chi connectivity index (χ0v) is 13.5. The van der Waals surface area contributed by atoms with Gasteiger partial charge in [0.25, 0.3) is 0 Å². The molecule has 1 fully saturated rings. The molecule has 0 radical (unpaired) electrons. The molecule has 1 aliphatic carbocycles. The Labute approximate surface area is 128 Å². The summed E-state index contributed by atoms with van der Waals surface area (Å²) in [6.45, 7) is 10.3. The maximum absolute atomic E-state index is 5.82. The number of aromatic nitrogens is 2. The van der Waals surface area contributed by atoms with E-state index < -0.39 is 0 Å². The summed E-state index contributed by atoms with van der Waals surface area (Å²) in [6, 6.07) is 0.501. The monoisotopic (exact) mass is 288 g/mol. The number of nitrogens with two attached hydrogens (primary N) is 1. The fourth-order valence-electron chi connectivity index (χ4n) is 3.23. The van der Waals surface area contributed by atoms with Crippen LogP contribution in [0.1, 0.15) is 64.6 Å². The van der Waals surface area contributed by atoms with Gasteiger partial charge in [0.2, 0.25) is 0 Å². The minimum Gasteiger partial charge on any atom is -0.397 e. The van der Waals surface area contributed by atoms with Crippen LogP contribution in [0.4, 0.5) is 5.82 Å². The first-order chi connectivity index (χ1) is 10.0. The molecule has 1 aliphatic rings. The maximum Gasteiger partial charge on any atom is 0.161 e. The summed E-state index contributed by atoms with van der Waals surface area (Å²) >= 11 is 0. The van der Waals surface area contributed by atoms with E-state index >= 15 is 0 Å². The molecule has 0 spiro atoms. The smallest absolute Gasteiger partial charge is 0.161 e. The Morgan fingerprint density at radius 3 is 2.95 bits per heavy atom. The molecule has 2 rings (SSSR count).